The van der Waals surface area contributed by atoms with Crippen LogP contribution in [0.1, 0.15) is 31.4 Å². The Morgan fingerprint density at radius 2 is 1.89 bits per heavy atom. The van der Waals surface area contributed by atoms with E-state index >= 15 is 0 Å². The predicted molar refractivity (Wildman–Crippen MR) is 68.1 cm³/mol. The SMILES string of the molecule is CC(C1CC1)N(C)C(CN)c1c(F)cccc1F. The molecule has 1 fully saturated rings. The van der Waals surface area contributed by atoms with E-state index in [1.807, 2.05) is 11.9 Å². The van der Waals surface area contributed by atoms with Gasteiger partial charge >= 0.3 is 0 Å². The third-order valence-corrected chi connectivity index (χ3v) is 3.99. The first-order valence-corrected chi connectivity index (χ1v) is 6.42. The molecule has 2 N–H and O–H groups in total. The summed E-state index contributed by atoms with van der Waals surface area (Å²) in [5.74, 6) is -0.389. The van der Waals surface area contributed by atoms with Crippen LogP contribution in [0.15, 0.2) is 18.2 Å². The monoisotopic (exact) mass is 254 g/mol. The molecule has 0 saturated heterocycles. The summed E-state index contributed by atoms with van der Waals surface area (Å²) in [7, 11) is 1.90. The van der Waals surface area contributed by atoms with Crippen LogP contribution in [-0.4, -0.2) is 24.5 Å². The van der Waals surface area contributed by atoms with Gasteiger partial charge in [-0.15, -0.1) is 0 Å². The first-order chi connectivity index (χ1) is 8.56. The Bertz CT molecular complexity index is 398. The topological polar surface area (TPSA) is 29.3 Å². The number of hydrogen-bond donors (Lipinski definition) is 1. The Balaban J connectivity index is 2.26. The molecule has 100 valence electrons. The second-order valence-electron chi connectivity index (χ2n) is 5.13. The van der Waals surface area contributed by atoms with Gasteiger partial charge in [0.1, 0.15) is 11.6 Å². The lowest BCUT2D eigenvalue weighted by molar-refractivity contribution is 0.165. The van der Waals surface area contributed by atoms with Crippen molar-refractivity contribution in [3.05, 3.63) is 35.4 Å². The van der Waals surface area contributed by atoms with Gasteiger partial charge in [0.2, 0.25) is 0 Å². The maximum Gasteiger partial charge on any atom is 0.130 e. The number of nitrogens with two attached hydrogens (primary N) is 1. The molecule has 0 amide bonds. The smallest absolute Gasteiger partial charge is 0.130 e. The molecule has 0 heterocycles. The average Bonchev–Trinajstić information content (AvgIpc) is 3.16. The van der Waals surface area contributed by atoms with E-state index in [1.165, 1.54) is 31.0 Å². The third kappa shape index (κ3) is 2.54. The van der Waals surface area contributed by atoms with Gasteiger partial charge in [-0.25, -0.2) is 8.78 Å². The highest BCUT2D eigenvalue weighted by atomic mass is 19.1. The number of hydrogen-bond acceptors (Lipinski definition) is 2. The van der Waals surface area contributed by atoms with Crippen LogP contribution in [0.3, 0.4) is 0 Å². The summed E-state index contributed by atoms with van der Waals surface area (Å²) < 4.78 is 27.6. The van der Waals surface area contributed by atoms with E-state index in [9.17, 15) is 8.78 Å². The van der Waals surface area contributed by atoms with Crippen molar-refractivity contribution in [2.45, 2.75) is 31.8 Å². The molecule has 18 heavy (non-hydrogen) atoms. The molecule has 2 rings (SSSR count). The first kappa shape index (κ1) is 13.4. The third-order valence-electron chi connectivity index (χ3n) is 3.99. The van der Waals surface area contributed by atoms with E-state index in [1.54, 1.807) is 0 Å². The van der Waals surface area contributed by atoms with Gasteiger partial charge in [0.25, 0.3) is 0 Å². The molecule has 0 aromatic heterocycles. The summed E-state index contributed by atoms with van der Waals surface area (Å²) in [5.41, 5.74) is 5.82. The summed E-state index contributed by atoms with van der Waals surface area (Å²) in [6.45, 7) is 2.31. The Morgan fingerprint density at radius 3 is 2.33 bits per heavy atom. The highest BCUT2D eigenvalue weighted by molar-refractivity contribution is 5.24. The summed E-state index contributed by atoms with van der Waals surface area (Å²) >= 11 is 0. The van der Waals surface area contributed by atoms with Crippen molar-refractivity contribution >= 4 is 0 Å². The van der Waals surface area contributed by atoms with E-state index in [4.69, 9.17) is 5.73 Å². The Morgan fingerprint density at radius 1 is 1.33 bits per heavy atom. The highest BCUT2D eigenvalue weighted by Crippen LogP contribution is 2.37. The molecule has 2 unspecified atom stereocenters. The van der Waals surface area contributed by atoms with Crippen molar-refractivity contribution < 1.29 is 8.78 Å². The lowest BCUT2D eigenvalue weighted by Gasteiger charge is -2.33. The standard InChI is InChI=1S/C14H20F2N2/c1-9(10-6-7-10)18(2)13(8-17)14-11(15)4-3-5-12(14)16/h3-5,9-10,13H,6-8,17H2,1-2H3. The highest BCUT2D eigenvalue weighted by Gasteiger charge is 2.34. The van der Waals surface area contributed by atoms with E-state index in [0.717, 1.165) is 0 Å². The van der Waals surface area contributed by atoms with Crippen LogP contribution in [0, 0.1) is 17.6 Å². The van der Waals surface area contributed by atoms with E-state index < -0.39 is 17.7 Å². The molecule has 0 bridgehead atoms. The van der Waals surface area contributed by atoms with Crippen LogP contribution in [0.5, 0.6) is 0 Å². The largest absolute Gasteiger partial charge is 0.329 e. The molecule has 2 atom stereocenters. The van der Waals surface area contributed by atoms with Gasteiger partial charge in [-0.1, -0.05) is 6.07 Å². The summed E-state index contributed by atoms with van der Waals surface area (Å²) in [4.78, 5) is 2.00. The minimum absolute atomic E-state index is 0.0926. The predicted octanol–water partition coefficient (Wildman–Crippen LogP) is 2.69. The van der Waals surface area contributed by atoms with Crippen molar-refractivity contribution in [2.75, 3.05) is 13.6 Å². The normalized spacial score (nSPS) is 19.0. The molecule has 1 aliphatic rings. The molecule has 0 radical (unpaired) electrons. The van der Waals surface area contributed by atoms with Crippen molar-refractivity contribution in [3.8, 4) is 0 Å². The zero-order chi connectivity index (χ0) is 13.3. The van der Waals surface area contributed by atoms with Gasteiger partial charge in [0, 0.05) is 18.2 Å². The first-order valence-electron chi connectivity index (χ1n) is 6.42. The molecule has 1 aromatic carbocycles. The van der Waals surface area contributed by atoms with Crippen LogP contribution in [-0.2, 0) is 0 Å². The molecule has 1 aromatic rings. The Kier molecular flexibility index (Phi) is 3.97. The molecule has 1 aliphatic carbocycles. The quantitative estimate of drug-likeness (QED) is 0.875. The average molecular weight is 254 g/mol. The molecular formula is C14H20F2N2. The van der Waals surface area contributed by atoms with Crippen LogP contribution >= 0.6 is 0 Å². The minimum Gasteiger partial charge on any atom is -0.329 e. The van der Waals surface area contributed by atoms with Crippen molar-refractivity contribution in [1.82, 2.24) is 4.90 Å². The van der Waals surface area contributed by atoms with Gasteiger partial charge in [-0.2, -0.15) is 0 Å². The Labute approximate surface area is 107 Å². The maximum atomic E-state index is 13.8. The summed E-state index contributed by atoms with van der Waals surface area (Å²) in [5, 5.41) is 0. The molecule has 2 nitrogen and oxygen atoms in total. The van der Waals surface area contributed by atoms with Crippen LogP contribution in [0.4, 0.5) is 8.78 Å². The fraction of sp³-hybridized carbons (Fsp3) is 0.571. The molecular weight excluding hydrogens is 234 g/mol. The fourth-order valence-corrected chi connectivity index (χ4v) is 2.51. The van der Waals surface area contributed by atoms with Crippen LogP contribution in [0.2, 0.25) is 0 Å². The Hall–Kier alpha value is -1.00. The molecule has 0 spiro atoms. The zero-order valence-corrected chi connectivity index (χ0v) is 10.9. The van der Waals surface area contributed by atoms with Gasteiger partial charge in [0.15, 0.2) is 0 Å². The molecule has 4 heteroatoms. The number of rotatable bonds is 5. The number of benzene rings is 1. The van der Waals surface area contributed by atoms with E-state index in [2.05, 4.69) is 6.92 Å². The lowest BCUT2D eigenvalue weighted by Crippen LogP contribution is -2.39. The maximum absolute atomic E-state index is 13.8. The fourth-order valence-electron chi connectivity index (χ4n) is 2.51. The van der Waals surface area contributed by atoms with E-state index in [-0.39, 0.29) is 12.1 Å². The summed E-state index contributed by atoms with van der Waals surface area (Å²) in [6.07, 6.45) is 2.39. The number of nitrogens with zero attached hydrogens (tertiary/aromatic N) is 1. The van der Waals surface area contributed by atoms with Crippen molar-refractivity contribution in [3.63, 3.8) is 0 Å². The minimum atomic E-state index is -0.514. The van der Waals surface area contributed by atoms with Gasteiger partial charge in [0.05, 0.1) is 6.04 Å². The van der Waals surface area contributed by atoms with Crippen molar-refractivity contribution in [2.24, 2.45) is 11.7 Å². The van der Waals surface area contributed by atoms with E-state index in [0.29, 0.717) is 12.0 Å². The number of halogens is 2. The van der Waals surface area contributed by atoms with Crippen LogP contribution in [0.25, 0.3) is 0 Å². The number of likely N-dealkylation sites (N-methyl/N-ethyl adjacent to an activating group) is 1. The van der Waals surface area contributed by atoms with Crippen molar-refractivity contribution in [1.29, 1.82) is 0 Å². The lowest BCUT2D eigenvalue weighted by atomic mass is 10.0. The molecule has 1 saturated carbocycles. The zero-order valence-electron chi connectivity index (χ0n) is 10.9. The molecule has 0 aliphatic heterocycles. The second kappa shape index (κ2) is 5.33. The van der Waals surface area contributed by atoms with Gasteiger partial charge < -0.3 is 5.73 Å². The summed E-state index contributed by atoms with van der Waals surface area (Å²) in [6, 6.07) is 3.86. The second-order valence-corrected chi connectivity index (χ2v) is 5.13. The van der Waals surface area contributed by atoms with Gasteiger partial charge in [-0.3, -0.25) is 4.90 Å². The van der Waals surface area contributed by atoms with Gasteiger partial charge in [-0.05, 0) is 44.9 Å². The van der Waals surface area contributed by atoms with Crippen LogP contribution < -0.4 is 5.73 Å².